The summed E-state index contributed by atoms with van der Waals surface area (Å²) in [5.41, 5.74) is 0.606. The third-order valence-electron chi connectivity index (χ3n) is 2.10. The van der Waals surface area contributed by atoms with Crippen molar-refractivity contribution in [2.75, 3.05) is 11.6 Å². The fourth-order valence-electron chi connectivity index (χ4n) is 1.23. The molecule has 0 spiro atoms. The van der Waals surface area contributed by atoms with E-state index in [0.29, 0.717) is 12.0 Å². The van der Waals surface area contributed by atoms with Gasteiger partial charge >= 0.3 is 5.97 Å². The Morgan fingerprint density at radius 2 is 1.88 bits per heavy atom. The Kier molecular flexibility index (Phi) is 6.08. The van der Waals surface area contributed by atoms with E-state index in [1.54, 1.807) is 23.9 Å². The smallest absolute Gasteiger partial charge is 0.303 e. The Balaban J connectivity index is 2.40. The normalized spacial score (nSPS) is 10.2. The molecule has 1 aromatic carbocycles. The minimum Gasteiger partial charge on any atom is -0.481 e. The highest BCUT2D eigenvalue weighted by atomic mass is 35.5. The van der Waals surface area contributed by atoms with E-state index in [9.17, 15) is 9.59 Å². The van der Waals surface area contributed by atoms with Crippen LogP contribution in [0.1, 0.15) is 23.2 Å². The number of alkyl halides is 1. The third-order valence-corrected chi connectivity index (χ3v) is 3.44. The first kappa shape index (κ1) is 14.1. The number of Topliss-reactive ketones (excluding diaryl/α,β-unsaturated/α-hetero) is 1. The van der Waals surface area contributed by atoms with Crippen molar-refractivity contribution in [2.24, 2.45) is 0 Å². The summed E-state index contributed by atoms with van der Waals surface area (Å²) < 4.78 is 0. The SMILES string of the molecule is O=C(O)CCCSc1ccc(C(=O)CCl)cc1. The molecule has 0 heterocycles. The first-order chi connectivity index (χ1) is 8.13. The number of halogens is 1. The number of hydrogen-bond acceptors (Lipinski definition) is 3. The molecule has 17 heavy (non-hydrogen) atoms. The van der Waals surface area contributed by atoms with E-state index in [0.717, 1.165) is 10.6 Å². The van der Waals surface area contributed by atoms with E-state index in [4.69, 9.17) is 16.7 Å². The van der Waals surface area contributed by atoms with Crippen molar-refractivity contribution in [1.29, 1.82) is 0 Å². The molecule has 1 rings (SSSR count). The first-order valence-corrected chi connectivity index (χ1v) is 6.69. The molecule has 0 aliphatic heterocycles. The molecule has 0 fully saturated rings. The van der Waals surface area contributed by atoms with Crippen molar-refractivity contribution in [2.45, 2.75) is 17.7 Å². The van der Waals surface area contributed by atoms with Gasteiger partial charge in [-0.3, -0.25) is 9.59 Å². The lowest BCUT2D eigenvalue weighted by Gasteiger charge is -2.02. The summed E-state index contributed by atoms with van der Waals surface area (Å²) in [6, 6.07) is 7.19. The fourth-order valence-corrected chi connectivity index (χ4v) is 2.23. The van der Waals surface area contributed by atoms with Crippen LogP contribution < -0.4 is 0 Å². The minimum absolute atomic E-state index is 0.00883. The fraction of sp³-hybridized carbons (Fsp3) is 0.333. The number of benzene rings is 1. The van der Waals surface area contributed by atoms with Crippen molar-refractivity contribution in [3.8, 4) is 0 Å². The summed E-state index contributed by atoms with van der Waals surface area (Å²) in [6.07, 6.45) is 0.832. The number of carboxylic acid groups (broad SMARTS) is 1. The topological polar surface area (TPSA) is 54.4 Å². The summed E-state index contributed by atoms with van der Waals surface area (Å²) >= 11 is 7.03. The number of thioether (sulfide) groups is 1. The highest BCUT2D eigenvalue weighted by Gasteiger charge is 2.03. The third kappa shape index (κ3) is 5.24. The second-order valence-corrected chi connectivity index (χ2v) is 4.86. The highest BCUT2D eigenvalue weighted by Crippen LogP contribution is 2.20. The quantitative estimate of drug-likeness (QED) is 0.359. The molecule has 0 amide bonds. The maximum Gasteiger partial charge on any atom is 0.303 e. The lowest BCUT2D eigenvalue weighted by Crippen LogP contribution is -1.99. The number of rotatable bonds is 7. The predicted octanol–water partition coefficient (Wildman–Crippen LogP) is 3.07. The van der Waals surface area contributed by atoms with Gasteiger partial charge in [-0.25, -0.2) is 0 Å². The van der Waals surface area contributed by atoms with Gasteiger partial charge in [0.2, 0.25) is 0 Å². The van der Waals surface area contributed by atoms with Crippen LogP contribution in [0.4, 0.5) is 0 Å². The standard InChI is InChI=1S/C12H13ClO3S/c13-8-11(14)9-3-5-10(6-4-9)17-7-1-2-12(15)16/h3-6H,1-2,7-8H2,(H,15,16). The van der Waals surface area contributed by atoms with Crippen molar-refractivity contribution in [3.05, 3.63) is 29.8 Å². The van der Waals surface area contributed by atoms with Crippen LogP contribution >= 0.6 is 23.4 Å². The molecule has 0 radical (unpaired) electrons. The molecule has 0 saturated carbocycles. The van der Waals surface area contributed by atoms with Crippen molar-refractivity contribution in [3.63, 3.8) is 0 Å². The van der Waals surface area contributed by atoms with Crippen LogP contribution in [0, 0.1) is 0 Å². The molecule has 3 nitrogen and oxygen atoms in total. The summed E-state index contributed by atoms with van der Waals surface area (Å²) in [7, 11) is 0. The average Bonchev–Trinajstić information content (AvgIpc) is 2.34. The predicted molar refractivity (Wildman–Crippen MR) is 69.1 cm³/mol. The molecule has 0 aliphatic rings. The molecule has 0 saturated heterocycles. The van der Waals surface area contributed by atoms with Crippen LogP contribution in [0.2, 0.25) is 0 Å². The highest BCUT2D eigenvalue weighted by molar-refractivity contribution is 7.99. The molecule has 0 aromatic heterocycles. The van der Waals surface area contributed by atoms with Crippen LogP contribution in [0.25, 0.3) is 0 Å². The van der Waals surface area contributed by atoms with E-state index in [-0.39, 0.29) is 18.1 Å². The van der Waals surface area contributed by atoms with Crippen LogP contribution in [0.5, 0.6) is 0 Å². The molecule has 0 aliphatic carbocycles. The Labute approximate surface area is 109 Å². The molecular weight excluding hydrogens is 260 g/mol. The lowest BCUT2D eigenvalue weighted by atomic mass is 10.1. The van der Waals surface area contributed by atoms with Gasteiger partial charge in [0.05, 0.1) is 5.88 Å². The van der Waals surface area contributed by atoms with Gasteiger partial charge in [0, 0.05) is 16.9 Å². The number of ketones is 1. The molecule has 5 heteroatoms. The average molecular weight is 273 g/mol. The molecule has 0 atom stereocenters. The largest absolute Gasteiger partial charge is 0.481 e. The van der Waals surface area contributed by atoms with Gasteiger partial charge < -0.3 is 5.11 Å². The second-order valence-electron chi connectivity index (χ2n) is 3.43. The molecule has 1 N–H and O–H groups in total. The maximum atomic E-state index is 11.3. The molecular formula is C12H13ClO3S. The van der Waals surface area contributed by atoms with Crippen LogP contribution in [0.15, 0.2) is 29.2 Å². The summed E-state index contributed by atoms with van der Waals surface area (Å²) in [4.78, 5) is 22.6. The van der Waals surface area contributed by atoms with E-state index < -0.39 is 5.97 Å². The van der Waals surface area contributed by atoms with Gasteiger partial charge in [0.25, 0.3) is 0 Å². The minimum atomic E-state index is -0.770. The summed E-state index contributed by atoms with van der Waals surface area (Å²) in [6.45, 7) is 0. The second kappa shape index (κ2) is 7.35. The van der Waals surface area contributed by atoms with Gasteiger partial charge in [0.1, 0.15) is 0 Å². The molecule has 92 valence electrons. The zero-order valence-electron chi connectivity index (χ0n) is 9.19. The number of carbonyl (C=O) groups is 2. The van der Waals surface area contributed by atoms with Gasteiger partial charge in [-0.15, -0.1) is 23.4 Å². The summed E-state index contributed by atoms with van der Waals surface area (Å²) in [5, 5.41) is 8.48. The molecule has 0 unspecified atom stereocenters. The number of hydrogen-bond donors (Lipinski definition) is 1. The Hall–Kier alpha value is -1.00. The number of carbonyl (C=O) groups excluding carboxylic acids is 1. The Morgan fingerprint density at radius 3 is 2.41 bits per heavy atom. The lowest BCUT2D eigenvalue weighted by molar-refractivity contribution is -0.137. The zero-order valence-corrected chi connectivity index (χ0v) is 10.8. The Bertz CT molecular complexity index is 389. The van der Waals surface area contributed by atoms with Crippen LogP contribution in [0.3, 0.4) is 0 Å². The number of aliphatic carboxylic acids is 1. The zero-order chi connectivity index (χ0) is 12.7. The van der Waals surface area contributed by atoms with Gasteiger partial charge in [-0.2, -0.15) is 0 Å². The van der Waals surface area contributed by atoms with E-state index in [2.05, 4.69) is 0 Å². The monoisotopic (exact) mass is 272 g/mol. The van der Waals surface area contributed by atoms with Crippen molar-refractivity contribution < 1.29 is 14.7 Å². The molecule has 1 aromatic rings. The first-order valence-electron chi connectivity index (χ1n) is 5.17. The van der Waals surface area contributed by atoms with Crippen molar-refractivity contribution >= 4 is 35.1 Å². The van der Waals surface area contributed by atoms with Gasteiger partial charge in [-0.1, -0.05) is 12.1 Å². The van der Waals surface area contributed by atoms with Crippen molar-refractivity contribution in [1.82, 2.24) is 0 Å². The van der Waals surface area contributed by atoms with E-state index >= 15 is 0 Å². The van der Waals surface area contributed by atoms with Gasteiger partial charge in [-0.05, 0) is 24.3 Å². The van der Waals surface area contributed by atoms with Gasteiger partial charge in [0.15, 0.2) is 5.78 Å². The van der Waals surface area contributed by atoms with Crippen LogP contribution in [-0.2, 0) is 4.79 Å². The maximum absolute atomic E-state index is 11.3. The van der Waals surface area contributed by atoms with E-state index in [1.165, 1.54) is 0 Å². The number of carboxylic acids is 1. The molecule has 0 bridgehead atoms. The van der Waals surface area contributed by atoms with E-state index in [1.807, 2.05) is 12.1 Å². The Morgan fingerprint density at radius 1 is 1.24 bits per heavy atom. The summed E-state index contributed by atoms with van der Waals surface area (Å²) in [5.74, 6) is -0.108. The van der Waals surface area contributed by atoms with Crippen LogP contribution in [-0.4, -0.2) is 28.5 Å².